The number of rotatable bonds is 5. The first kappa shape index (κ1) is 14.2. The molecule has 0 heterocycles. The number of nitrogens with zero attached hydrogens (tertiary/aromatic N) is 1. The molecule has 14 heavy (non-hydrogen) atoms. The zero-order valence-electron chi connectivity index (χ0n) is 9.61. The lowest BCUT2D eigenvalue weighted by Crippen LogP contribution is -2.19. The summed E-state index contributed by atoms with van der Waals surface area (Å²) in [7, 11) is 0. The van der Waals surface area contributed by atoms with Gasteiger partial charge in [0.15, 0.2) is 4.33 Å². The highest BCUT2D eigenvalue weighted by atomic mass is 35.5. The Balaban J connectivity index is 4.00. The van der Waals surface area contributed by atoms with Crippen molar-refractivity contribution in [1.29, 1.82) is 0 Å². The highest BCUT2D eigenvalue weighted by Crippen LogP contribution is 2.26. The van der Waals surface area contributed by atoms with Gasteiger partial charge < -0.3 is 0 Å². The van der Waals surface area contributed by atoms with Gasteiger partial charge in [0.05, 0.1) is 5.54 Å². The van der Waals surface area contributed by atoms with Crippen LogP contribution in [0.5, 0.6) is 0 Å². The van der Waals surface area contributed by atoms with Crippen LogP contribution >= 0.6 is 23.2 Å². The lowest BCUT2D eigenvalue weighted by atomic mass is 10.1. The van der Waals surface area contributed by atoms with Crippen LogP contribution in [0.15, 0.2) is 4.99 Å². The molecule has 0 aromatic carbocycles. The van der Waals surface area contributed by atoms with Gasteiger partial charge in [0.2, 0.25) is 0 Å². The standard InChI is InChI=1S/C11H21Cl2N/c1-5-6-7-8-11(12,13)9-14-10(2,3)4/h9H,5-8H2,1-4H3. The summed E-state index contributed by atoms with van der Waals surface area (Å²) in [6.45, 7) is 8.24. The molecular formula is C11H21Cl2N. The summed E-state index contributed by atoms with van der Waals surface area (Å²) in [5.74, 6) is 0. The lowest BCUT2D eigenvalue weighted by molar-refractivity contribution is 0.581. The third-order valence-corrected chi connectivity index (χ3v) is 2.33. The van der Waals surface area contributed by atoms with E-state index in [1.165, 1.54) is 12.8 Å². The first-order valence-electron chi connectivity index (χ1n) is 5.21. The van der Waals surface area contributed by atoms with Crippen LogP contribution in [0.25, 0.3) is 0 Å². The van der Waals surface area contributed by atoms with Gasteiger partial charge in [-0.15, -0.1) is 0 Å². The van der Waals surface area contributed by atoms with Crippen molar-refractivity contribution in [2.24, 2.45) is 4.99 Å². The predicted molar refractivity (Wildman–Crippen MR) is 66.8 cm³/mol. The van der Waals surface area contributed by atoms with Gasteiger partial charge in [0.1, 0.15) is 0 Å². The van der Waals surface area contributed by atoms with E-state index in [0.29, 0.717) is 0 Å². The molecule has 0 aromatic heterocycles. The molecule has 0 saturated heterocycles. The summed E-state index contributed by atoms with van der Waals surface area (Å²) in [4.78, 5) is 4.32. The molecule has 0 aliphatic rings. The summed E-state index contributed by atoms with van der Waals surface area (Å²) in [5.41, 5.74) is -0.0974. The van der Waals surface area contributed by atoms with Crippen LogP contribution in [0.3, 0.4) is 0 Å². The van der Waals surface area contributed by atoms with Crippen molar-refractivity contribution in [1.82, 2.24) is 0 Å². The Morgan fingerprint density at radius 1 is 1.14 bits per heavy atom. The van der Waals surface area contributed by atoms with Gasteiger partial charge in [-0.3, -0.25) is 4.99 Å². The Kier molecular flexibility index (Phi) is 6.08. The summed E-state index contributed by atoms with van der Waals surface area (Å²) in [5, 5.41) is 0. The molecule has 0 atom stereocenters. The normalized spacial score (nSPS) is 13.9. The monoisotopic (exact) mass is 237 g/mol. The van der Waals surface area contributed by atoms with E-state index in [-0.39, 0.29) is 5.54 Å². The maximum atomic E-state index is 6.09. The third kappa shape index (κ3) is 8.83. The van der Waals surface area contributed by atoms with Crippen LogP contribution in [-0.4, -0.2) is 16.1 Å². The van der Waals surface area contributed by atoms with E-state index in [0.717, 1.165) is 12.8 Å². The molecule has 0 spiro atoms. The highest BCUT2D eigenvalue weighted by Gasteiger charge is 2.21. The number of hydrogen-bond acceptors (Lipinski definition) is 1. The third-order valence-electron chi connectivity index (χ3n) is 1.75. The Bertz CT molecular complexity index is 180. The smallest absolute Gasteiger partial charge is 0.152 e. The van der Waals surface area contributed by atoms with E-state index in [4.69, 9.17) is 23.2 Å². The second-order valence-corrected chi connectivity index (χ2v) is 6.19. The Morgan fingerprint density at radius 3 is 2.14 bits per heavy atom. The Labute approximate surface area is 97.9 Å². The molecule has 3 heteroatoms. The van der Waals surface area contributed by atoms with Crippen molar-refractivity contribution in [3.05, 3.63) is 0 Å². The van der Waals surface area contributed by atoms with Gasteiger partial charge in [0, 0.05) is 6.21 Å². The topological polar surface area (TPSA) is 12.4 Å². The molecule has 0 radical (unpaired) electrons. The number of unbranched alkanes of at least 4 members (excludes halogenated alkanes) is 2. The SMILES string of the molecule is CCCCCC(Cl)(Cl)C=NC(C)(C)C. The van der Waals surface area contributed by atoms with Crippen molar-refractivity contribution in [3.8, 4) is 0 Å². The van der Waals surface area contributed by atoms with Crippen molar-refractivity contribution in [2.45, 2.75) is 63.3 Å². The van der Waals surface area contributed by atoms with Gasteiger partial charge in [-0.25, -0.2) is 0 Å². The molecule has 0 bridgehead atoms. The van der Waals surface area contributed by atoms with Crippen LogP contribution in [0.4, 0.5) is 0 Å². The van der Waals surface area contributed by atoms with Crippen molar-refractivity contribution < 1.29 is 0 Å². The van der Waals surface area contributed by atoms with Crippen LogP contribution in [0, 0.1) is 0 Å². The second-order valence-electron chi connectivity index (χ2n) is 4.65. The molecule has 0 aromatic rings. The molecule has 0 amide bonds. The number of aliphatic imine (C=N–C) groups is 1. The second kappa shape index (κ2) is 5.97. The lowest BCUT2D eigenvalue weighted by Gasteiger charge is -2.17. The maximum absolute atomic E-state index is 6.09. The zero-order chi connectivity index (χ0) is 11.2. The van der Waals surface area contributed by atoms with Crippen molar-refractivity contribution in [2.75, 3.05) is 0 Å². The molecule has 0 rings (SSSR count). The minimum atomic E-state index is -0.789. The summed E-state index contributed by atoms with van der Waals surface area (Å²) < 4.78 is -0.789. The van der Waals surface area contributed by atoms with Gasteiger partial charge in [-0.05, 0) is 27.2 Å². The van der Waals surface area contributed by atoms with E-state index in [1.54, 1.807) is 6.21 Å². The van der Waals surface area contributed by atoms with Crippen molar-refractivity contribution in [3.63, 3.8) is 0 Å². The molecule has 1 nitrogen and oxygen atoms in total. The summed E-state index contributed by atoms with van der Waals surface area (Å²) in [6, 6.07) is 0. The van der Waals surface area contributed by atoms with E-state index >= 15 is 0 Å². The van der Waals surface area contributed by atoms with E-state index < -0.39 is 4.33 Å². The Hall–Kier alpha value is 0.250. The van der Waals surface area contributed by atoms with Crippen LogP contribution < -0.4 is 0 Å². The molecule has 0 fully saturated rings. The minimum absolute atomic E-state index is 0.0974. The fraction of sp³-hybridized carbons (Fsp3) is 0.909. The largest absolute Gasteiger partial charge is 0.289 e. The molecule has 0 saturated carbocycles. The van der Waals surface area contributed by atoms with Gasteiger partial charge in [0.25, 0.3) is 0 Å². The highest BCUT2D eigenvalue weighted by molar-refractivity contribution is 6.56. The molecule has 0 N–H and O–H groups in total. The molecule has 0 aliphatic carbocycles. The molecule has 84 valence electrons. The average molecular weight is 238 g/mol. The minimum Gasteiger partial charge on any atom is -0.289 e. The van der Waals surface area contributed by atoms with Crippen LogP contribution in [0.1, 0.15) is 53.4 Å². The van der Waals surface area contributed by atoms with E-state index in [1.807, 2.05) is 20.8 Å². The number of hydrogen-bond donors (Lipinski definition) is 0. The Morgan fingerprint density at radius 2 is 1.71 bits per heavy atom. The van der Waals surface area contributed by atoms with Gasteiger partial charge in [-0.1, -0.05) is 49.4 Å². The molecular weight excluding hydrogens is 217 g/mol. The quantitative estimate of drug-likeness (QED) is 0.377. The number of alkyl halides is 2. The van der Waals surface area contributed by atoms with Gasteiger partial charge in [-0.2, -0.15) is 0 Å². The average Bonchev–Trinajstić information content (AvgIpc) is 2.00. The summed E-state index contributed by atoms with van der Waals surface area (Å²) in [6.07, 6.45) is 5.86. The zero-order valence-corrected chi connectivity index (χ0v) is 11.1. The molecule has 0 aliphatic heterocycles. The van der Waals surface area contributed by atoms with Crippen LogP contribution in [0.2, 0.25) is 0 Å². The van der Waals surface area contributed by atoms with Crippen LogP contribution in [-0.2, 0) is 0 Å². The summed E-state index contributed by atoms with van der Waals surface area (Å²) >= 11 is 12.2. The predicted octanol–water partition coefficient (Wildman–Crippen LogP) is 4.61. The van der Waals surface area contributed by atoms with Crippen molar-refractivity contribution >= 4 is 29.4 Å². The van der Waals surface area contributed by atoms with E-state index in [9.17, 15) is 0 Å². The van der Waals surface area contributed by atoms with E-state index in [2.05, 4.69) is 11.9 Å². The maximum Gasteiger partial charge on any atom is 0.152 e. The first-order chi connectivity index (χ1) is 6.27. The fourth-order valence-electron chi connectivity index (χ4n) is 0.963. The number of halogens is 2. The first-order valence-corrected chi connectivity index (χ1v) is 5.97. The van der Waals surface area contributed by atoms with Gasteiger partial charge >= 0.3 is 0 Å². The fourth-order valence-corrected chi connectivity index (χ4v) is 1.33. The molecule has 0 unspecified atom stereocenters.